The van der Waals surface area contributed by atoms with Gasteiger partial charge in [-0.1, -0.05) is 18.2 Å². The largest absolute Gasteiger partial charge is 0.389 e. The highest BCUT2D eigenvalue weighted by atomic mass is 16.5. The number of aliphatic hydroxyl groups excluding tert-OH is 1. The molecule has 0 saturated carbocycles. The van der Waals surface area contributed by atoms with Gasteiger partial charge in [-0.3, -0.25) is 9.59 Å². The van der Waals surface area contributed by atoms with E-state index in [2.05, 4.69) is 10.6 Å². The van der Waals surface area contributed by atoms with Crippen molar-refractivity contribution in [1.82, 2.24) is 10.6 Å². The van der Waals surface area contributed by atoms with Gasteiger partial charge < -0.3 is 20.5 Å². The van der Waals surface area contributed by atoms with E-state index in [0.29, 0.717) is 5.56 Å². The predicted molar refractivity (Wildman–Crippen MR) is 74.3 cm³/mol. The summed E-state index contributed by atoms with van der Waals surface area (Å²) in [6.07, 6.45) is -0.763. The maximum Gasteiger partial charge on any atom is 0.251 e. The highest BCUT2D eigenvalue weighted by Gasteiger charge is 2.17. The Kier molecular flexibility index (Phi) is 6.69. The van der Waals surface area contributed by atoms with Gasteiger partial charge >= 0.3 is 0 Å². The lowest BCUT2D eigenvalue weighted by Gasteiger charge is -2.16. The van der Waals surface area contributed by atoms with Crippen molar-refractivity contribution in [2.45, 2.75) is 19.1 Å². The fourth-order valence-electron chi connectivity index (χ4n) is 1.56. The summed E-state index contributed by atoms with van der Waals surface area (Å²) in [5.41, 5.74) is 0.492. The van der Waals surface area contributed by atoms with Crippen LogP contribution in [0.3, 0.4) is 0 Å². The number of rotatable bonds is 7. The molecule has 0 heterocycles. The van der Waals surface area contributed by atoms with Crippen molar-refractivity contribution in [3.05, 3.63) is 35.9 Å². The van der Waals surface area contributed by atoms with Crippen molar-refractivity contribution in [3.8, 4) is 0 Å². The number of hydrogen-bond donors (Lipinski definition) is 3. The van der Waals surface area contributed by atoms with Gasteiger partial charge in [-0.15, -0.1) is 0 Å². The number of carbonyl (C=O) groups excluding carboxylic acids is 2. The van der Waals surface area contributed by atoms with E-state index >= 15 is 0 Å². The Labute approximate surface area is 118 Å². The maximum atomic E-state index is 11.8. The van der Waals surface area contributed by atoms with Crippen LogP contribution >= 0.6 is 0 Å². The molecular formula is C14H20N2O4. The third-order valence-electron chi connectivity index (χ3n) is 2.65. The molecule has 1 aromatic carbocycles. The molecule has 6 nitrogen and oxygen atoms in total. The summed E-state index contributed by atoms with van der Waals surface area (Å²) in [4.78, 5) is 23.6. The molecule has 0 spiro atoms. The summed E-state index contributed by atoms with van der Waals surface area (Å²) in [5.74, 6) is -0.671. The zero-order valence-electron chi connectivity index (χ0n) is 11.6. The number of aliphatic hydroxyl groups is 1. The fraction of sp³-hybridized carbons (Fsp3) is 0.429. The number of hydrogen-bond acceptors (Lipinski definition) is 4. The molecular weight excluding hydrogens is 260 g/mol. The summed E-state index contributed by atoms with van der Waals surface area (Å²) < 4.78 is 4.75. The van der Waals surface area contributed by atoms with Crippen LogP contribution in [0.15, 0.2) is 30.3 Å². The van der Waals surface area contributed by atoms with E-state index in [1.54, 1.807) is 31.2 Å². The molecule has 0 aliphatic carbocycles. The molecule has 6 heteroatoms. The third kappa shape index (κ3) is 5.38. The lowest BCUT2D eigenvalue weighted by atomic mass is 10.2. The first kappa shape index (κ1) is 16.1. The number of benzene rings is 1. The van der Waals surface area contributed by atoms with Crippen molar-refractivity contribution >= 4 is 11.8 Å². The Morgan fingerprint density at radius 2 is 1.95 bits per heavy atom. The van der Waals surface area contributed by atoms with Gasteiger partial charge in [0.05, 0.1) is 12.7 Å². The van der Waals surface area contributed by atoms with Gasteiger partial charge in [0.25, 0.3) is 5.91 Å². The minimum absolute atomic E-state index is 0.0816. The van der Waals surface area contributed by atoms with Gasteiger partial charge in [0.15, 0.2) is 0 Å². The number of carbonyl (C=O) groups is 2. The summed E-state index contributed by atoms with van der Waals surface area (Å²) in [5, 5.41) is 14.5. The second-order valence-electron chi connectivity index (χ2n) is 4.42. The molecule has 0 saturated heterocycles. The van der Waals surface area contributed by atoms with E-state index in [9.17, 15) is 14.7 Å². The van der Waals surface area contributed by atoms with Crippen LogP contribution < -0.4 is 10.6 Å². The van der Waals surface area contributed by atoms with Crippen molar-refractivity contribution < 1.29 is 19.4 Å². The lowest BCUT2D eigenvalue weighted by molar-refractivity contribution is -0.123. The first-order chi connectivity index (χ1) is 9.54. The first-order valence-electron chi connectivity index (χ1n) is 6.35. The molecule has 1 aromatic rings. The van der Waals surface area contributed by atoms with Crippen LogP contribution in [0, 0.1) is 0 Å². The molecule has 0 bridgehead atoms. The van der Waals surface area contributed by atoms with Crippen LogP contribution in [0.5, 0.6) is 0 Å². The zero-order valence-corrected chi connectivity index (χ0v) is 11.6. The lowest BCUT2D eigenvalue weighted by Crippen LogP contribution is -2.47. The number of methoxy groups -OCH3 is 1. The number of nitrogens with one attached hydrogen (secondary N) is 2. The van der Waals surface area contributed by atoms with Crippen molar-refractivity contribution in [2.24, 2.45) is 0 Å². The molecule has 0 aliphatic rings. The molecule has 0 aliphatic heterocycles. The van der Waals surface area contributed by atoms with Gasteiger partial charge in [0, 0.05) is 19.2 Å². The first-order valence-corrected chi connectivity index (χ1v) is 6.35. The SMILES string of the molecule is COCC(O)CNC(=O)C(C)NC(=O)c1ccccc1. The quantitative estimate of drug-likeness (QED) is 0.652. The minimum atomic E-state index is -0.763. The van der Waals surface area contributed by atoms with Crippen LogP contribution in [0.1, 0.15) is 17.3 Å². The molecule has 20 heavy (non-hydrogen) atoms. The van der Waals surface area contributed by atoms with E-state index in [4.69, 9.17) is 4.74 Å². The van der Waals surface area contributed by atoms with E-state index in [-0.39, 0.29) is 25.0 Å². The van der Waals surface area contributed by atoms with Crippen molar-refractivity contribution in [2.75, 3.05) is 20.3 Å². The Hall–Kier alpha value is -1.92. The fourth-order valence-corrected chi connectivity index (χ4v) is 1.56. The minimum Gasteiger partial charge on any atom is -0.389 e. The summed E-state index contributed by atoms with van der Waals surface area (Å²) in [7, 11) is 1.47. The Bertz CT molecular complexity index is 436. The van der Waals surface area contributed by atoms with Gasteiger partial charge in [0.2, 0.25) is 5.91 Å². The Morgan fingerprint density at radius 3 is 2.55 bits per heavy atom. The summed E-state index contributed by atoms with van der Waals surface area (Å²) in [6.45, 7) is 1.81. The van der Waals surface area contributed by atoms with E-state index in [1.807, 2.05) is 6.07 Å². The van der Waals surface area contributed by atoms with E-state index < -0.39 is 12.1 Å². The predicted octanol–water partition coefficient (Wildman–Crippen LogP) is -0.0716. The molecule has 2 atom stereocenters. The topological polar surface area (TPSA) is 87.7 Å². The van der Waals surface area contributed by atoms with Crippen LogP contribution in [-0.4, -0.2) is 49.3 Å². The normalized spacial score (nSPS) is 13.3. The second-order valence-corrected chi connectivity index (χ2v) is 4.42. The molecule has 1 rings (SSSR count). The molecule has 0 aromatic heterocycles. The summed E-state index contributed by atoms with van der Waals surface area (Å²) >= 11 is 0. The smallest absolute Gasteiger partial charge is 0.251 e. The second kappa shape index (κ2) is 8.29. The van der Waals surface area contributed by atoms with Gasteiger partial charge in [0.1, 0.15) is 6.04 Å². The van der Waals surface area contributed by atoms with Crippen LogP contribution in [-0.2, 0) is 9.53 Å². The van der Waals surface area contributed by atoms with Gasteiger partial charge in [-0.25, -0.2) is 0 Å². The Balaban J connectivity index is 2.40. The maximum absolute atomic E-state index is 11.8. The van der Waals surface area contributed by atoms with Crippen LogP contribution in [0.25, 0.3) is 0 Å². The molecule has 0 radical (unpaired) electrons. The number of ether oxygens (including phenoxy) is 1. The molecule has 2 amide bonds. The Morgan fingerprint density at radius 1 is 1.30 bits per heavy atom. The van der Waals surface area contributed by atoms with E-state index in [0.717, 1.165) is 0 Å². The average molecular weight is 280 g/mol. The van der Waals surface area contributed by atoms with Crippen LogP contribution in [0.4, 0.5) is 0 Å². The van der Waals surface area contributed by atoms with E-state index in [1.165, 1.54) is 7.11 Å². The average Bonchev–Trinajstić information content (AvgIpc) is 2.45. The molecule has 3 N–H and O–H groups in total. The highest BCUT2D eigenvalue weighted by molar-refractivity contribution is 5.97. The monoisotopic (exact) mass is 280 g/mol. The van der Waals surface area contributed by atoms with Gasteiger partial charge in [-0.2, -0.15) is 0 Å². The third-order valence-corrected chi connectivity index (χ3v) is 2.65. The standard InChI is InChI=1S/C14H20N2O4/c1-10(13(18)15-8-12(17)9-20-2)16-14(19)11-6-4-3-5-7-11/h3-7,10,12,17H,8-9H2,1-2H3,(H,15,18)(H,16,19). The van der Waals surface area contributed by atoms with Crippen LogP contribution in [0.2, 0.25) is 0 Å². The molecule has 110 valence electrons. The summed E-state index contributed by atoms with van der Waals surface area (Å²) in [6, 6.07) is 7.97. The van der Waals surface area contributed by atoms with Crippen molar-refractivity contribution in [1.29, 1.82) is 0 Å². The molecule has 2 unspecified atom stereocenters. The van der Waals surface area contributed by atoms with Gasteiger partial charge in [-0.05, 0) is 19.1 Å². The molecule has 0 fully saturated rings. The highest BCUT2D eigenvalue weighted by Crippen LogP contribution is 1.98. The zero-order chi connectivity index (χ0) is 15.0. The number of amides is 2. The van der Waals surface area contributed by atoms with Crippen molar-refractivity contribution in [3.63, 3.8) is 0 Å².